The van der Waals surface area contributed by atoms with Gasteiger partial charge in [0.1, 0.15) is 0 Å². The van der Waals surface area contributed by atoms with E-state index in [-0.39, 0.29) is 23.5 Å². The van der Waals surface area contributed by atoms with Crippen molar-refractivity contribution in [2.75, 3.05) is 21.3 Å². The summed E-state index contributed by atoms with van der Waals surface area (Å²) in [6, 6.07) is 14.0. The Bertz CT molecular complexity index is 1150. The molecular weight excluding hydrogens is 390 g/mol. The van der Waals surface area contributed by atoms with Crippen molar-refractivity contribution < 1.29 is 8.78 Å². The second-order valence-corrected chi connectivity index (χ2v) is 6.44. The fourth-order valence-corrected chi connectivity index (χ4v) is 2.91. The number of fused-ring (bicyclic) bond motifs is 8. The van der Waals surface area contributed by atoms with E-state index in [1.165, 1.54) is 0 Å². The summed E-state index contributed by atoms with van der Waals surface area (Å²) in [4.78, 5) is 16.4. The predicted octanol–water partition coefficient (Wildman–Crippen LogP) is 4.83. The lowest BCUT2D eigenvalue weighted by Crippen LogP contribution is -2.06. The van der Waals surface area contributed by atoms with Crippen LogP contribution >= 0.6 is 0 Å². The van der Waals surface area contributed by atoms with E-state index >= 15 is 0 Å². The first-order valence-electron chi connectivity index (χ1n) is 8.96. The van der Waals surface area contributed by atoms with Crippen LogP contribution in [0.1, 0.15) is 0 Å². The summed E-state index contributed by atoms with van der Waals surface area (Å²) in [6.45, 7) is 0. The smallest absolute Gasteiger partial charge is 0.229 e. The minimum absolute atomic E-state index is 0.0198. The number of nitrogens with zero attached hydrogens (tertiary/aromatic N) is 4. The predicted molar refractivity (Wildman–Crippen MR) is 110 cm³/mol. The second kappa shape index (κ2) is 7.24. The van der Waals surface area contributed by atoms with Crippen LogP contribution in [0.5, 0.6) is 0 Å². The Morgan fingerprint density at radius 1 is 0.567 bits per heavy atom. The average Bonchev–Trinajstić information content (AvgIpc) is 2.73. The van der Waals surface area contributed by atoms with Crippen LogP contribution in [0.3, 0.4) is 0 Å². The molecule has 8 nitrogen and oxygen atoms in total. The van der Waals surface area contributed by atoms with Gasteiger partial charge < -0.3 is 21.3 Å². The first-order valence-corrected chi connectivity index (χ1v) is 8.96. The van der Waals surface area contributed by atoms with Crippen LogP contribution in [0.25, 0.3) is 0 Å². The summed E-state index contributed by atoms with van der Waals surface area (Å²) in [5.74, 6) is -0.748. The van der Waals surface area contributed by atoms with Crippen LogP contribution in [0, 0.1) is 11.6 Å². The molecule has 0 atom stereocenters. The Kier molecular flexibility index (Phi) is 4.28. The maximum Gasteiger partial charge on any atom is 0.229 e. The number of halogens is 2. The van der Waals surface area contributed by atoms with Crippen molar-refractivity contribution >= 4 is 46.3 Å². The Hall–Kier alpha value is -4.34. The summed E-state index contributed by atoms with van der Waals surface area (Å²) in [7, 11) is 0. The molecule has 0 fully saturated rings. The van der Waals surface area contributed by atoms with Gasteiger partial charge in [-0.3, -0.25) is 0 Å². The summed E-state index contributed by atoms with van der Waals surface area (Å²) >= 11 is 0. The molecule has 30 heavy (non-hydrogen) atoms. The number of benzene rings is 2. The Morgan fingerprint density at radius 2 is 0.967 bits per heavy atom. The van der Waals surface area contributed by atoms with Gasteiger partial charge in [0, 0.05) is 22.7 Å². The Labute approximate surface area is 169 Å². The van der Waals surface area contributed by atoms with E-state index in [9.17, 15) is 8.78 Å². The highest BCUT2D eigenvalue weighted by atomic mass is 19.1. The van der Waals surface area contributed by atoms with Crippen molar-refractivity contribution in [2.45, 2.75) is 0 Å². The highest BCUT2D eigenvalue weighted by Crippen LogP contribution is 2.27. The quantitative estimate of drug-likeness (QED) is 0.291. The van der Waals surface area contributed by atoms with Crippen molar-refractivity contribution in [1.82, 2.24) is 19.9 Å². The molecule has 0 unspecified atom stereocenters. The van der Waals surface area contributed by atoms with Crippen LogP contribution < -0.4 is 21.3 Å². The molecule has 148 valence electrons. The zero-order chi connectivity index (χ0) is 20.5. The van der Waals surface area contributed by atoms with Gasteiger partial charge in [-0.15, -0.1) is 0 Å². The molecule has 2 aromatic heterocycles. The molecule has 5 rings (SSSR count). The van der Waals surface area contributed by atoms with Gasteiger partial charge in [-0.05, 0) is 36.4 Å². The zero-order valence-electron chi connectivity index (χ0n) is 15.3. The molecule has 2 aromatic carbocycles. The van der Waals surface area contributed by atoms with Gasteiger partial charge in [0.15, 0.2) is 23.3 Å². The fraction of sp³-hybridized carbons (Fsp3) is 0. The van der Waals surface area contributed by atoms with Gasteiger partial charge in [-0.2, -0.15) is 9.97 Å². The lowest BCUT2D eigenvalue weighted by atomic mass is 10.2. The van der Waals surface area contributed by atoms with E-state index in [1.807, 2.05) is 0 Å². The van der Waals surface area contributed by atoms with Crippen molar-refractivity contribution in [3.05, 3.63) is 72.6 Å². The molecule has 1 aliphatic rings. The van der Waals surface area contributed by atoms with Crippen LogP contribution in [0.4, 0.5) is 55.1 Å². The van der Waals surface area contributed by atoms with Gasteiger partial charge in [0.25, 0.3) is 0 Å². The molecule has 8 bridgehead atoms. The minimum atomic E-state index is -0.595. The van der Waals surface area contributed by atoms with Crippen molar-refractivity contribution in [1.29, 1.82) is 0 Å². The van der Waals surface area contributed by atoms with Gasteiger partial charge in [-0.1, -0.05) is 12.1 Å². The molecule has 0 radical (unpaired) electrons. The second-order valence-electron chi connectivity index (χ2n) is 6.44. The molecule has 0 amide bonds. The Morgan fingerprint density at radius 3 is 1.40 bits per heavy atom. The van der Waals surface area contributed by atoms with Gasteiger partial charge in [-0.25, -0.2) is 18.7 Å². The molecule has 0 saturated heterocycles. The molecule has 3 heterocycles. The van der Waals surface area contributed by atoms with Crippen LogP contribution in [-0.4, -0.2) is 19.9 Å². The summed E-state index contributed by atoms with van der Waals surface area (Å²) in [5.41, 5.74) is 2.41. The van der Waals surface area contributed by atoms with E-state index in [0.717, 1.165) is 12.4 Å². The number of aromatic nitrogens is 4. The summed E-state index contributed by atoms with van der Waals surface area (Å²) < 4.78 is 28.5. The molecule has 4 aromatic rings. The molecular formula is C20H14F2N8. The van der Waals surface area contributed by atoms with Crippen LogP contribution in [0.15, 0.2) is 60.9 Å². The average molecular weight is 404 g/mol. The third-order valence-corrected chi connectivity index (χ3v) is 4.25. The fourth-order valence-electron chi connectivity index (χ4n) is 2.91. The van der Waals surface area contributed by atoms with Crippen molar-refractivity contribution in [2.24, 2.45) is 0 Å². The number of hydrogen-bond acceptors (Lipinski definition) is 8. The van der Waals surface area contributed by atoms with Crippen molar-refractivity contribution in [3.63, 3.8) is 0 Å². The maximum atomic E-state index is 14.3. The van der Waals surface area contributed by atoms with Crippen LogP contribution in [-0.2, 0) is 0 Å². The zero-order valence-corrected chi connectivity index (χ0v) is 15.3. The van der Waals surface area contributed by atoms with E-state index in [4.69, 9.17) is 0 Å². The Balaban J connectivity index is 1.63. The molecule has 0 aliphatic carbocycles. The van der Waals surface area contributed by atoms with E-state index in [2.05, 4.69) is 41.2 Å². The molecule has 0 spiro atoms. The molecule has 0 saturated carbocycles. The number of anilines is 8. The van der Waals surface area contributed by atoms with Crippen molar-refractivity contribution in [3.8, 4) is 0 Å². The third kappa shape index (κ3) is 3.65. The topological polar surface area (TPSA) is 99.7 Å². The number of nitrogens with one attached hydrogen (secondary N) is 4. The van der Waals surface area contributed by atoms with Crippen LogP contribution in [0.2, 0.25) is 0 Å². The normalized spacial score (nSPS) is 12.1. The number of rotatable bonds is 0. The maximum absolute atomic E-state index is 14.3. The van der Waals surface area contributed by atoms with Gasteiger partial charge in [0.05, 0.1) is 12.4 Å². The van der Waals surface area contributed by atoms with E-state index in [1.54, 1.807) is 48.5 Å². The monoisotopic (exact) mass is 404 g/mol. The van der Waals surface area contributed by atoms with E-state index < -0.39 is 11.6 Å². The molecule has 4 N–H and O–H groups in total. The SMILES string of the molecule is Fc1cnc2nc1Nc1cccc(c1)Nc1ncc(F)c(n1)Nc1cccc(c1)N2. The summed E-state index contributed by atoms with van der Waals surface area (Å²) in [6.07, 6.45) is 2.16. The lowest BCUT2D eigenvalue weighted by Gasteiger charge is -2.14. The molecule has 1 aliphatic heterocycles. The number of hydrogen-bond donors (Lipinski definition) is 4. The third-order valence-electron chi connectivity index (χ3n) is 4.25. The lowest BCUT2D eigenvalue weighted by molar-refractivity contribution is 0.619. The molecule has 10 heteroatoms. The highest BCUT2D eigenvalue weighted by molar-refractivity contribution is 5.69. The van der Waals surface area contributed by atoms with E-state index in [0.29, 0.717) is 22.7 Å². The highest BCUT2D eigenvalue weighted by Gasteiger charge is 2.12. The first-order chi connectivity index (χ1) is 14.6. The summed E-state index contributed by atoms with van der Waals surface area (Å²) in [5, 5.41) is 11.9. The van der Waals surface area contributed by atoms with Gasteiger partial charge in [0.2, 0.25) is 11.9 Å². The first kappa shape index (κ1) is 17.7. The van der Waals surface area contributed by atoms with Gasteiger partial charge >= 0.3 is 0 Å². The standard InChI is InChI=1S/C20H14F2N8/c21-15-9-24-20-28-14-6-2-4-12(8-14)26-18-16(22)10-23-19(30-18)27-13-5-1-3-11(7-13)25-17(15)29-20/h1-10H,(H2,24,25,28,29)(H2,23,26,27,30). The largest absolute Gasteiger partial charge is 0.338 e. The minimum Gasteiger partial charge on any atom is -0.338 e.